The topological polar surface area (TPSA) is 55.8 Å². The maximum atomic E-state index is 14.3. The van der Waals surface area contributed by atoms with Crippen LogP contribution in [0.2, 0.25) is 0 Å². The van der Waals surface area contributed by atoms with E-state index in [9.17, 15) is 9.18 Å². The Morgan fingerprint density at radius 3 is 2.58 bits per heavy atom. The smallest absolute Gasteiger partial charge is 0.256 e. The molecule has 2 aliphatic rings. The molecule has 0 unspecified atom stereocenters. The molecule has 1 aromatic heterocycles. The third-order valence-electron chi connectivity index (χ3n) is 6.95. The molecule has 7 nitrogen and oxygen atoms in total. The predicted molar refractivity (Wildman–Crippen MR) is 130 cm³/mol. The van der Waals surface area contributed by atoms with Gasteiger partial charge in [-0.3, -0.25) is 4.79 Å². The van der Waals surface area contributed by atoms with Crippen LogP contribution in [0.5, 0.6) is 0 Å². The van der Waals surface area contributed by atoms with Crippen LogP contribution < -0.4 is 9.80 Å². The second kappa shape index (κ2) is 10.0. The summed E-state index contributed by atoms with van der Waals surface area (Å²) in [6.45, 7) is 13.5. The Bertz CT molecular complexity index is 975. The van der Waals surface area contributed by atoms with Gasteiger partial charge in [-0.1, -0.05) is 6.92 Å². The van der Waals surface area contributed by atoms with Crippen molar-refractivity contribution in [2.45, 2.75) is 52.6 Å². The molecule has 2 aromatic rings. The minimum absolute atomic E-state index is 0.0278. The number of amides is 1. The van der Waals surface area contributed by atoms with E-state index < -0.39 is 5.82 Å². The van der Waals surface area contributed by atoms with Crippen molar-refractivity contribution >= 4 is 23.1 Å². The van der Waals surface area contributed by atoms with E-state index >= 15 is 0 Å². The molecule has 8 heteroatoms. The maximum absolute atomic E-state index is 14.3. The van der Waals surface area contributed by atoms with Crippen molar-refractivity contribution in [1.82, 2.24) is 19.8 Å². The zero-order valence-electron chi connectivity index (χ0n) is 20.2. The van der Waals surface area contributed by atoms with Gasteiger partial charge < -0.3 is 19.6 Å². The largest absolute Gasteiger partial charge is 0.350 e. The van der Waals surface area contributed by atoms with Gasteiger partial charge in [0.2, 0.25) is 0 Å². The van der Waals surface area contributed by atoms with Crippen molar-refractivity contribution in [3.63, 3.8) is 0 Å². The molecule has 4 rings (SSSR count). The molecule has 1 fully saturated rings. The van der Waals surface area contributed by atoms with Crippen molar-refractivity contribution in [3.8, 4) is 0 Å². The van der Waals surface area contributed by atoms with Gasteiger partial charge in [0.15, 0.2) is 5.82 Å². The fourth-order valence-corrected chi connectivity index (χ4v) is 5.13. The Balaban J connectivity index is 1.68. The highest BCUT2D eigenvalue weighted by Crippen LogP contribution is 2.39. The Kier molecular flexibility index (Phi) is 7.12. The molecule has 0 bridgehead atoms. The van der Waals surface area contributed by atoms with Crippen LogP contribution >= 0.6 is 0 Å². The summed E-state index contributed by atoms with van der Waals surface area (Å²) in [5.41, 5.74) is 1.96. The zero-order chi connectivity index (χ0) is 23.5. The normalized spacial score (nSPS) is 17.4. The van der Waals surface area contributed by atoms with E-state index in [1.807, 2.05) is 27.0 Å². The Hall–Kier alpha value is -2.74. The first-order valence-electron chi connectivity index (χ1n) is 12.1. The number of piperidine rings is 1. The number of carbonyl (C=O) groups is 1. The Labute approximate surface area is 196 Å². The van der Waals surface area contributed by atoms with E-state index in [2.05, 4.69) is 31.6 Å². The van der Waals surface area contributed by atoms with Crippen molar-refractivity contribution in [3.05, 3.63) is 42.1 Å². The first kappa shape index (κ1) is 23.4. The van der Waals surface area contributed by atoms with Gasteiger partial charge in [-0.15, -0.1) is 0 Å². The van der Waals surface area contributed by atoms with Gasteiger partial charge in [0, 0.05) is 44.8 Å². The van der Waals surface area contributed by atoms with Crippen molar-refractivity contribution in [1.29, 1.82) is 0 Å². The summed E-state index contributed by atoms with van der Waals surface area (Å²) in [6.07, 6.45) is 5.62. The fourth-order valence-electron chi connectivity index (χ4n) is 5.13. The standard InChI is InChI=1S/C25H35FN6O/c1-5-29-11-9-20(10-12-29)31-13-14-32(23-16-27-17-28-24(23)31)22-8-7-19(26)15-21(22)25(33)30(6-2)18(3)4/h7-8,15-18,20H,5-6,9-14H2,1-4H3. The maximum Gasteiger partial charge on any atom is 0.256 e. The number of likely N-dealkylation sites (tertiary alicyclic amines) is 1. The van der Waals surface area contributed by atoms with Crippen LogP contribution in [0, 0.1) is 5.82 Å². The SMILES string of the molecule is CCN1CCC(N2CCN(c3ccc(F)cc3C(=O)N(CC)C(C)C)c3cncnc32)CC1. The lowest BCUT2D eigenvalue weighted by Crippen LogP contribution is -2.50. The van der Waals surface area contributed by atoms with Gasteiger partial charge in [0.1, 0.15) is 17.8 Å². The number of benzene rings is 1. The first-order chi connectivity index (χ1) is 15.9. The van der Waals surface area contributed by atoms with Crippen LogP contribution in [-0.2, 0) is 0 Å². The van der Waals surface area contributed by atoms with Crippen LogP contribution in [0.15, 0.2) is 30.7 Å². The third-order valence-corrected chi connectivity index (χ3v) is 6.95. The van der Waals surface area contributed by atoms with Crippen LogP contribution in [0.4, 0.5) is 21.6 Å². The van der Waals surface area contributed by atoms with Crippen LogP contribution in [-0.4, -0.2) is 77.0 Å². The van der Waals surface area contributed by atoms with E-state index in [4.69, 9.17) is 0 Å². The van der Waals surface area contributed by atoms with Crippen LogP contribution in [0.3, 0.4) is 0 Å². The van der Waals surface area contributed by atoms with E-state index in [0.717, 1.165) is 50.5 Å². The zero-order valence-corrected chi connectivity index (χ0v) is 20.2. The monoisotopic (exact) mass is 454 g/mol. The summed E-state index contributed by atoms with van der Waals surface area (Å²) in [6, 6.07) is 4.96. The molecule has 3 heterocycles. The molecular weight excluding hydrogens is 419 g/mol. The third kappa shape index (κ3) is 4.67. The lowest BCUT2D eigenvalue weighted by Gasteiger charge is -2.44. The number of aromatic nitrogens is 2. The van der Waals surface area contributed by atoms with Crippen LogP contribution in [0.25, 0.3) is 0 Å². The number of rotatable bonds is 6. The molecule has 0 spiro atoms. The minimum atomic E-state index is -0.409. The highest BCUT2D eigenvalue weighted by molar-refractivity contribution is 6.01. The highest BCUT2D eigenvalue weighted by Gasteiger charge is 2.33. The van der Waals surface area contributed by atoms with Gasteiger partial charge in [0.25, 0.3) is 5.91 Å². The number of anilines is 3. The molecule has 1 saturated heterocycles. The van der Waals surface area contributed by atoms with Gasteiger partial charge in [-0.25, -0.2) is 14.4 Å². The molecule has 1 aromatic carbocycles. The number of hydrogen-bond acceptors (Lipinski definition) is 6. The van der Waals surface area contributed by atoms with Gasteiger partial charge >= 0.3 is 0 Å². The average Bonchev–Trinajstić information content (AvgIpc) is 2.83. The second-order valence-corrected chi connectivity index (χ2v) is 9.09. The first-order valence-corrected chi connectivity index (χ1v) is 12.1. The second-order valence-electron chi connectivity index (χ2n) is 9.09. The summed E-state index contributed by atoms with van der Waals surface area (Å²) in [7, 11) is 0. The van der Waals surface area contributed by atoms with Crippen molar-refractivity contribution in [2.24, 2.45) is 0 Å². The number of carbonyl (C=O) groups excluding carboxylic acids is 1. The molecule has 0 radical (unpaired) electrons. The van der Waals surface area contributed by atoms with Crippen molar-refractivity contribution in [2.75, 3.05) is 49.1 Å². The number of hydrogen-bond donors (Lipinski definition) is 0. The Morgan fingerprint density at radius 2 is 1.91 bits per heavy atom. The summed E-state index contributed by atoms with van der Waals surface area (Å²) >= 11 is 0. The molecule has 178 valence electrons. The van der Waals surface area contributed by atoms with Gasteiger partial charge in [-0.05, 0) is 58.4 Å². The molecule has 0 atom stereocenters. The lowest BCUT2D eigenvalue weighted by molar-refractivity contribution is 0.0717. The van der Waals surface area contributed by atoms with E-state index in [0.29, 0.717) is 30.4 Å². The van der Waals surface area contributed by atoms with E-state index in [1.54, 1.807) is 17.3 Å². The summed E-state index contributed by atoms with van der Waals surface area (Å²) in [5, 5.41) is 0. The summed E-state index contributed by atoms with van der Waals surface area (Å²) < 4.78 is 14.3. The van der Waals surface area contributed by atoms with Crippen molar-refractivity contribution < 1.29 is 9.18 Å². The molecule has 1 amide bonds. The van der Waals surface area contributed by atoms with E-state index in [-0.39, 0.29) is 11.9 Å². The molecular formula is C25H35FN6O. The molecule has 0 saturated carbocycles. The van der Waals surface area contributed by atoms with Gasteiger partial charge in [-0.2, -0.15) is 0 Å². The number of halogens is 1. The lowest BCUT2D eigenvalue weighted by atomic mass is 10.0. The van der Waals surface area contributed by atoms with E-state index in [1.165, 1.54) is 12.1 Å². The minimum Gasteiger partial charge on any atom is -0.350 e. The summed E-state index contributed by atoms with van der Waals surface area (Å²) in [5.74, 6) is 0.327. The average molecular weight is 455 g/mol. The number of fused-ring (bicyclic) bond motifs is 1. The molecule has 0 N–H and O–H groups in total. The highest BCUT2D eigenvalue weighted by atomic mass is 19.1. The molecule has 2 aliphatic heterocycles. The molecule has 0 aliphatic carbocycles. The van der Waals surface area contributed by atoms with Gasteiger partial charge in [0.05, 0.1) is 17.4 Å². The van der Waals surface area contributed by atoms with Crippen LogP contribution in [0.1, 0.15) is 50.9 Å². The number of nitrogens with zero attached hydrogens (tertiary/aromatic N) is 6. The molecule has 33 heavy (non-hydrogen) atoms. The predicted octanol–water partition coefficient (Wildman–Crippen LogP) is 3.93. The summed E-state index contributed by atoms with van der Waals surface area (Å²) in [4.78, 5) is 31.1. The quantitative estimate of drug-likeness (QED) is 0.659. The fraction of sp³-hybridized carbons (Fsp3) is 0.560. The Morgan fingerprint density at radius 1 is 1.15 bits per heavy atom.